The van der Waals surface area contributed by atoms with Gasteiger partial charge in [-0.05, 0) is 12.5 Å². The highest BCUT2D eigenvalue weighted by Gasteiger charge is 2.29. The normalized spacial score (nSPS) is 11.4. The Kier molecular flexibility index (Phi) is 2.93. The fourth-order valence-corrected chi connectivity index (χ4v) is 1.06. The fourth-order valence-electron chi connectivity index (χ4n) is 1.06. The van der Waals surface area contributed by atoms with E-state index in [1.807, 2.05) is 6.92 Å². The fraction of sp³-hybridized carbons (Fsp3) is 0.300. The quantitative estimate of drug-likeness (QED) is 0.710. The summed E-state index contributed by atoms with van der Waals surface area (Å²) in [7, 11) is 0. The van der Waals surface area contributed by atoms with Crippen molar-refractivity contribution in [3.8, 4) is 0 Å². The zero-order valence-electron chi connectivity index (χ0n) is 7.65. The summed E-state index contributed by atoms with van der Waals surface area (Å²) in [4.78, 5) is 0. The number of alkyl halides is 3. The van der Waals surface area contributed by atoms with Crippen LogP contribution >= 0.6 is 0 Å². The number of nitrogens with one attached hydrogen (secondary N) is 1. The standard InChI is InChI=1S/C10H10F3N/c1-7-2-4-8(5-3-7)9(14)6-10(11,12)13/h2-5,14H,6H2,1H3. The Bertz CT molecular complexity index is 324. The zero-order chi connectivity index (χ0) is 10.8. The minimum absolute atomic E-state index is 0.327. The van der Waals surface area contributed by atoms with E-state index in [0.29, 0.717) is 5.56 Å². The average molecular weight is 201 g/mol. The van der Waals surface area contributed by atoms with Crippen molar-refractivity contribution in [1.29, 1.82) is 5.41 Å². The molecule has 0 amide bonds. The van der Waals surface area contributed by atoms with Crippen molar-refractivity contribution in [2.45, 2.75) is 19.5 Å². The molecule has 0 aromatic heterocycles. The highest BCUT2D eigenvalue weighted by molar-refractivity contribution is 5.98. The molecule has 0 heterocycles. The first kappa shape index (κ1) is 10.8. The lowest BCUT2D eigenvalue weighted by Gasteiger charge is -2.07. The van der Waals surface area contributed by atoms with Gasteiger partial charge in [-0.1, -0.05) is 29.8 Å². The summed E-state index contributed by atoms with van der Waals surface area (Å²) >= 11 is 0. The van der Waals surface area contributed by atoms with Gasteiger partial charge in [0.25, 0.3) is 0 Å². The molecule has 0 bridgehead atoms. The minimum atomic E-state index is -4.30. The van der Waals surface area contributed by atoms with Crippen LogP contribution in [0.15, 0.2) is 24.3 Å². The van der Waals surface area contributed by atoms with E-state index in [4.69, 9.17) is 5.41 Å². The molecule has 1 nitrogen and oxygen atoms in total. The maximum Gasteiger partial charge on any atom is 0.394 e. The van der Waals surface area contributed by atoms with Crippen LogP contribution in [-0.2, 0) is 0 Å². The lowest BCUT2D eigenvalue weighted by Crippen LogP contribution is -2.14. The summed E-state index contributed by atoms with van der Waals surface area (Å²) in [5.41, 5.74) is 0.902. The van der Waals surface area contributed by atoms with E-state index in [-0.39, 0.29) is 0 Å². The molecule has 0 aliphatic rings. The topological polar surface area (TPSA) is 23.9 Å². The van der Waals surface area contributed by atoms with Gasteiger partial charge in [0.1, 0.15) is 0 Å². The Morgan fingerprint density at radius 3 is 2.14 bits per heavy atom. The first-order valence-corrected chi connectivity index (χ1v) is 4.10. The summed E-state index contributed by atoms with van der Waals surface area (Å²) in [5, 5.41) is 7.24. The van der Waals surface area contributed by atoms with Gasteiger partial charge in [0, 0.05) is 5.71 Å². The maximum absolute atomic E-state index is 11.9. The third kappa shape index (κ3) is 3.20. The number of halogens is 3. The Morgan fingerprint density at radius 2 is 1.71 bits per heavy atom. The Morgan fingerprint density at radius 1 is 1.21 bits per heavy atom. The van der Waals surface area contributed by atoms with Crippen molar-refractivity contribution in [1.82, 2.24) is 0 Å². The van der Waals surface area contributed by atoms with Crippen LogP contribution in [-0.4, -0.2) is 11.9 Å². The second kappa shape index (κ2) is 3.82. The molecule has 0 atom stereocenters. The lowest BCUT2D eigenvalue weighted by molar-refractivity contribution is -0.121. The molecular formula is C10H10F3N. The van der Waals surface area contributed by atoms with E-state index in [1.165, 1.54) is 12.1 Å². The molecule has 0 aliphatic heterocycles. The first-order chi connectivity index (χ1) is 6.38. The molecule has 0 fully saturated rings. The second-order valence-corrected chi connectivity index (χ2v) is 3.14. The van der Waals surface area contributed by atoms with Crippen molar-refractivity contribution in [3.63, 3.8) is 0 Å². The zero-order valence-corrected chi connectivity index (χ0v) is 7.65. The number of rotatable bonds is 2. The maximum atomic E-state index is 11.9. The van der Waals surface area contributed by atoms with E-state index >= 15 is 0 Å². The minimum Gasteiger partial charge on any atom is -0.304 e. The van der Waals surface area contributed by atoms with Gasteiger partial charge in [-0.25, -0.2) is 0 Å². The predicted molar refractivity (Wildman–Crippen MR) is 48.7 cm³/mol. The van der Waals surface area contributed by atoms with Gasteiger partial charge in [0.05, 0.1) is 6.42 Å². The molecule has 1 rings (SSSR count). The molecule has 76 valence electrons. The molecule has 14 heavy (non-hydrogen) atoms. The van der Waals surface area contributed by atoms with Crippen LogP contribution in [0.4, 0.5) is 13.2 Å². The van der Waals surface area contributed by atoms with Crippen molar-refractivity contribution in [2.75, 3.05) is 0 Å². The Labute approximate surface area is 80.1 Å². The van der Waals surface area contributed by atoms with E-state index in [0.717, 1.165) is 5.56 Å². The third-order valence-electron chi connectivity index (χ3n) is 1.78. The summed E-state index contributed by atoms with van der Waals surface area (Å²) in [6, 6.07) is 6.45. The predicted octanol–water partition coefficient (Wildman–Crippen LogP) is 3.32. The number of hydrogen-bond donors (Lipinski definition) is 1. The van der Waals surface area contributed by atoms with Crippen LogP contribution in [0, 0.1) is 12.3 Å². The molecular weight excluding hydrogens is 191 g/mol. The van der Waals surface area contributed by atoms with Crippen LogP contribution in [0.25, 0.3) is 0 Å². The van der Waals surface area contributed by atoms with E-state index in [1.54, 1.807) is 12.1 Å². The van der Waals surface area contributed by atoms with Gasteiger partial charge in [0.2, 0.25) is 0 Å². The van der Waals surface area contributed by atoms with Crippen LogP contribution in [0.5, 0.6) is 0 Å². The van der Waals surface area contributed by atoms with Gasteiger partial charge in [-0.2, -0.15) is 13.2 Å². The van der Waals surface area contributed by atoms with Crippen molar-refractivity contribution < 1.29 is 13.2 Å². The molecule has 1 aromatic carbocycles. The molecule has 0 aliphatic carbocycles. The Balaban J connectivity index is 2.76. The van der Waals surface area contributed by atoms with Crippen LogP contribution < -0.4 is 0 Å². The molecule has 0 saturated carbocycles. The molecule has 1 aromatic rings. The average Bonchev–Trinajstić information content (AvgIpc) is 2.02. The van der Waals surface area contributed by atoms with Gasteiger partial charge in [0.15, 0.2) is 0 Å². The highest BCUT2D eigenvalue weighted by atomic mass is 19.4. The Hall–Kier alpha value is -1.32. The smallest absolute Gasteiger partial charge is 0.304 e. The van der Waals surface area contributed by atoms with Gasteiger partial charge in [-0.3, -0.25) is 0 Å². The lowest BCUT2D eigenvalue weighted by atomic mass is 10.1. The summed E-state index contributed by atoms with van der Waals surface area (Å²) in [6.45, 7) is 1.84. The SMILES string of the molecule is Cc1ccc(C(=N)CC(F)(F)F)cc1. The monoisotopic (exact) mass is 201 g/mol. The van der Waals surface area contributed by atoms with Gasteiger partial charge >= 0.3 is 6.18 Å². The number of aryl methyl sites for hydroxylation is 1. The highest BCUT2D eigenvalue weighted by Crippen LogP contribution is 2.22. The van der Waals surface area contributed by atoms with E-state index in [2.05, 4.69) is 0 Å². The molecule has 0 unspecified atom stereocenters. The van der Waals surface area contributed by atoms with E-state index in [9.17, 15) is 13.2 Å². The molecule has 0 spiro atoms. The van der Waals surface area contributed by atoms with Crippen molar-refractivity contribution in [3.05, 3.63) is 35.4 Å². The van der Waals surface area contributed by atoms with Crippen LogP contribution in [0.1, 0.15) is 17.5 Å². The molecule has 0 radical (unpaired) electrons. The first-order valence-electron chi connectivity index (χ1n) is 4.10. The summed E-state index contributed by atoms with van der Waals surface area (Å²) in [5.74, 6) is 0. The van der Waals surface area contributed by atoms with Crippen LogP contribution in [0.3, 0.4) is 0 Å². The summed E-state index contributed by atoms with van der Waals surface area (Å²) < 4.78 is 35.8. The molecule has 1 N–H and O–H groups in total. The van der Waals surface area contributed by atoms with Gasteiger partial charge in [-0.15, -0.1) is 0 Å². The second-order valence-electron chi connectivity index (χ2n) is 3.14. The molecule has 0 saturated heterocycles. The number of hydrogen-bond acceptors (Lipinski definition) is 1. The molecule has 4 heteroatoms. The van der Waals surface area contributed by atoms with Crippen molar-refractivity contribution >= 4 is 5.71 Å². The van der Waals surface area contributed by atoms with Crippen molar-refractivity contribution in [2.24, 2.45) is 0 Å². The van der Waals surface area contributed by atoms with Crippen LogP contribution in [0.2, 0.25) is 0 Å². The number of benzene rings is 1. The third-order valence-corrected chi connectivity index (χ3v) is 1.78. The van der Waals surface area contributed by atoms with Gasteiger partial charge < -0.3 is 5.41 Å². The summed E-state index contributed by atoms with van der Waals surface area (Å²) in [6.07, 6.45) is -5.47. The largest absolute Gasteiger partial charge is 0.394 e. The van der Waals surface area contributed by atoms with E-state index < -0.39 is 18.3 Å².